The molecular weight excluding hydrogens is 168 g/mol. The van der Waals surface area contributed by atoms with E-state index in [-0.39, 0.29) is 5.41 Å². The Bertz CT molecular complexity index is 272. The summed E-state index contributed by atoms with van der Waals surface area (Å²) in [6.07, 6.45) is 1.07. The lowest BCUT2D eigenvalue weighted by Gasteiger charge is -2.19. The molecule has 1 rings (SSSR count). The van der Waals surface area contributed by atoms with Crippen molar-refractivity contribution in [3.63, 3.8) is 0 Å². The molecule has 0 aliphatic carbocycles. The molecule has 0 aromatic heterocycles. The number of benzene rings is 1. The minimum Gasteiger partial charge on any atom is -0.0622 e. The molecule has 0 aliphatic rings. The van der Waals surface area contributed by atoms with Crippen LogP contribution in [0.15, 0.2) is 24.3 Å². The fraction of sp³-hybridized carbons (Fsp3) is 0.500. The quantitative estimate of drug-likeness (QED) is 0.659. The van der Waals surface area contributed by atoms with Gasteiger partial charge in [-0.25, -0.2) is 0 Å². The summed E-state index contributed by atoms with van der Waals surface area (Å²) < 4.78 is 0. The molecule has 0 saturated carbocycles. The van der Waals surface area contributed by atoms with Gasteiger partial charge in [-0.2, -0.15) is 0 Å². The third kappa shape index (κ3) is 3.17. The van der Waals surface area contributed by atoms with E-state index in [9.17, 15) is 0 Å². The van der Waals surface area contributed by atoms with Crippen molar-refractivity contribution in [2.45, 2.75) is 39.5 Å². The summed E-state index contributed by atoms with van der Waals surface area (Å²) in [6, 6.07) is 8.92. The van der Waals surface area contributed by atoms with E-state index < -0.39 is 0 Å². The summed E-state index contributed by atoms with van der Waals surface area (Å²) in [7, 11) is 0. The van der Waals surface area contributed by atoms with Crippen molar-refractivity contribution < 1.29 is 0 Å². The molecule has 14 heavy (non-hydrogen) atoms. The third-order valence-corrected chi connectivity index (χ3v) is 2.40. The molecule has 0 amide bonds. The Morgan fingerprint density at radius 1 is 1.14 bits per heavy atom. The number of hydrogen-bond donors (Lipinski definition) is 0. The van der Waals surface area contributed by atoms with Crippen LogP contribution in [0.2, 0.25) is 0 Å². The summed E-state index contributed by atoms with van der Waals surface area (Å²) in [4.78, 5) is 0. The van der Waals surface area contributed by atoms with Gasteiger partial charge >= 0.3 is 0 Å². The molecular formula is C14H21. The first-order chi connectivity index (χ1) is 6.39. The Morgan fingerprint density at radius 2 is 1.64 bits per heavy atom. The Hall–Kier alpha value is -0.780. The molecule has 0 spiro atoms. The maximum Gasteiger partial charge on any atom is -0.0132 e. The number of rotatable bonds is 2. The second kappa shape index (κ2) is 4.16. The van der Waals surface area contributed by atoms with Crippen LogP contribution in [0, 0.1) is 12.8 Å². The Kier molecular flexibility index (Phi) is 3.36. The first-order valence-corrected chi connectivity index (χ1v) is 5.32. The van der Waals surface area contributed by atoms with E-state index in [1.165, 1.54) is 11.1 Å². The van der Waals surface area contributed by atoms with Gasteiger partial charge < -0.3 is 0 Å². The average Bonchev–Trinajstić information content (AvgIpc) is 2.02. The highest BCUT2D eigenvalue weighted by atomic mass is 14.2. The van der Waals surface area contributed by atoms with Gasteiger partial charge in [-0.3, -0.25) is 0 Å². The second-order valence-corrected chi connectivity index (χ2v) is 5.26. The Balaban J connectivity index is 2.79. The van der Waals surface area contributed by atoms with Crippen LogP contribution in [0.25, 0.3) is 0 Å². The van der Waals surface area contributed by atoms with Crippen molar-refractivity contribution in [1.29, 1.82) is 0 Å². The van der Waals surface area contributed by atoms with Gasteiger partial charge in [0.15, 0.2) is 0 Å². The molecule has 0 N–H and O–H groups in total. The van der Waals surface area contributed by atoms with Crippen LogP contribution in [0.5, 0.6) is 0 Å². The van der Waals surface area contributed by atoms with Gasteiger partial charge in [0.25, 0.3) is 0 Å². The lowest BCUT2D eigenvalue weighted by Crippen LogP contribution is -2.10. The van der Waals surface area contributed by atoms with Crippen molar-refractivity contribution in [2.24, 2.45) is 5.92 Å². The van der Waals surface area contributed by atoms with Crippen LogP contribution in [-0.2, 0) is 11.8 Å². The van der Waals surface area contributed by atoms with Crippen molar-refractivity contribution in [3.05, 3.63) is 42.3 Å². The van der Waals surface area contributed by atoms with Crippen LogP contribution < -0.4 is 0 Å². The second-order valence-electron chi connectivity index (χ2n) is 5.26. The molecule has 77 valence electrons. The zero-order valence-corrected chi connectivity index (χ0v) is 9.80. The summed E-state index contributed by atoms with van der Waals surface area (Å²) in [5.41, 5.74) is 3.05. The van der Waals surface area contributed by atoms with Gasteiger partial charge in [0.05, 0.1) is 0 Å². The van der Waals surface area contributed by atoms with Gasteiger partial charge in [0, 0.05) is 0 Å². The molecule has 1 unspecified atom stereocenters. The standard InChI is InChI=1S/C14H21/c1-11(2)10-12-6-8-13(9-7-12)14(3,4)5/h6-9,11H,1,10H2,2-5H3. The number of hydrogen-bond acceptors (Lipinski definition) is 0. The van der Waals surface area contributed by atoms with E-state index in [0.29, 0.717) is 5.92 Å². The normalized spacial score (nSPS) is 12.1. The molecule has 1 aromatic rings. The maximum atomic E-state index is 4.00. The summed E-state index contributed by atoms with van der Waals surface area (Å²) >= 11 is 0. The molecule has 1 radical (unpaired) electrons. The van der Waals surface area contributed by atoms with Crippen molar-refractivity contribution >= 4 is 0 Å². The first kappa shape index (κ1) is 11.3. The Morgan fingerprint density at radius 3 is 2.00 bits per heavy atom. The largest absolute Gasteiger partial charge is 0.0622 e. The van der Waals surface area contributed by atoms with Crippen LogP contribution >= 0.6 is 0 Å². The van der Waals surface area contributed by atoms with Crippen molar-refractivity contribution in [3.8, 4) is 0 Å². The predicted octanol–water partition coefficient (Wildman–Crippen LogP) is 4.00. The molecule has 0 heteroatoms. The molecule has 0 saturated heterocycles. The van der Waals surface area contributed by atoms with E-state index >= 15 is 0 Å². The topological polar surface area (TPSA) is 0 Å². The lowest BCUT2D eigenvalue weighted by molar-refractivity contribution is 0.589. The lowest BCUT2D eigenvalue weighted by atomic mass is 9.86. The highest BCUT2D eigenvalue weighted by Gasteiger charge is 2.12. The van der Waals surface area contributed by atoms with E-state index in [0.717, 1.165) is 6.42 Å². The zero-order valence-electron chi connectivity index (χ0n) is 9.80. The average molecular weight is 189 g/mol. The van der Waals surface area contributed by atoms with E-state index in [1.54, 1.807) is 0 Å². The van der Waals surface area contributed by atoms with Gasteiger partial charge in [0.1, 0.15) is 0 Å². The monoisotopic (exact) mass is 189 g/mol. The zero-order chi connectivity index (χ0) is 10.8. The summed E-state index contributed by atoms with van der Waals surface area (Å²) in [5.74, 6) is 0.496. The van der Waals surface area contributed by atoms with Gasteiger partial charge in [-0.1, -0.05) is 58.9 Å². The van der Waals surface area contributed by atoms with Crippen LogP contribution in [0.4, 0.5) is 0 Å². The van der Waals surface area contributed by atoms with Gasteiger partial charge in [0.2, 0.25) is 0 Å². The third-order valence-electron chi connectivity index (χ3n) is 2.40. The molecule has 0 heterocycles. The SMILES string of the molecule is [CH2]C(C)Cc1ccc(C(C)(C)C)cc1. The fourth-order valence-corrected chi connectivity index (χ4v) is 1.54. The molecule has 1 aromatic carbocycles. The van der Waals surface area contributed by atoms with Crippen molar-refractivity contribution in [2.75, 3.05) is 0 Å². The maximum absolute atomic E-state index is 4.00. The van der Waals surface area contributed by atoms with E-state index in [2.05, 4.69) is 58.9 Å². The van der Waals surface area contributed by atoms with Crippen LogP contribution in [0.3, 0.4) is 0 Å². The first-order valence-electron chi connectivity index (χ1n) is 5.32. The highest BCUT2D eigenvalue weighted by Crippen LogP contribution is 2.22. The molecule has 1 atom stereocenters. The molecule has 0 aliphatic heterocycles. The highest BCUT2D eigenvalue weighted by molar-refractivity contribution is 5.27. The summed E-state index contributed by atoms with van der Waals surface area (Å²) in [5, 5.41) is 0. The van der Waals surface area contributed by atoms with Crippen LogP contribution in [-0.4, -0.2) is 0 Å². The Labute approximate surface area is 88.4 Å². The summed E-state index contributed by atoms with van der Waals surface area (Å²) in [6.45, 7) is 12.9. The fourth-order valence-electron chi connectivity index (χ4n) is 1.54. The van der Waals surface area contributed by atoms with Gasteiger partial charge in [-0.15, -0.1) is 0 Å². The molecule has 0 bridgehead atoms. The van der Waals surface area contributed by atoms with E-state index in [4.69, 9.17) is 0 Å². The minimum atomic E-state index is 0.259. The van der Waals surface area contributed by atoms with Crippen molar-refractivity contribution in [1.82, 2.24) is 0 Å². The smallest absolute Gasteiger partial charge is 0.0132 e. The van der Waals surface area contributed by atoms with Gasteiger partial charge in [-0.05, 0) is 28.9 Å². The van der Waals surface area contributed by atoms with Crippen LogP contribution in [0.1, 0.15) is 38.8 Å². The molecule has 0 fully saturated rings. The minimum absolute atomic E-state index is 0.259. The van der Waals surface area contributed by atoms with E-state index in [1.807, 2.05) is 0 Å². The predicted molar refractivity (Wildman–Crippen MR) is 63.4 cm³/mol. The molecule has 0 nitrogen and oxygen atoms in total.